The van der Waals surface area contributed by atoms with E-state index >= 15 is 0 Å². The largest absolute Gasteiger partial charge is 0.381 e. The summed E-state index contributed by atoms with van der Waals surface area (Å²) in [5.41, 5.74) is -1.01. The Bertz CT molecular complexity index is 1110. The molecule has 0 amide bonds. The van der Waals surface area contributed by atoms with Gasteiger partial charge >= 0.3 is 0 Å². The average Bonchev–Trinajstić information content (AvgIpc) is 3.34. The molecule has 1 atom stereocenters. The van der Waals surface area contributed by atoms with Crippen LogP contribution in [0, 0.1) is 11.6 Å². The Hall–Kier alpha value is -3.10. The van der Waals surface area contributed by atoms with E-state index in [2.05, 4.69) is 15.1 Å². The first-order chi connectivity index (χ1) is 13.9. The van der Waals surface area contributed by atoms with Gasteiger partial charge in [-0.25, -0.2) is 23.4 Å². The highest BCUT2D eigenvalue weighted by Gasteiger charge is 2.34. The molecule has 0 saturated heterocycles. The summed E-state index contributed by atoms with van der Waals surface area (Å²) in [4.78, 5) is 8.21. The van der Waals surface area contributed by atoms with E-state index in [1.165, 1.54) is 23.4 Å². The second-order valence-corrected chi connectivity index (χ2v) is 7.07. The Morgan fingerprint density at radius 2 is 1.86 bits per heavy atom. The molecule has 148 valence electrons. The van der Waals surface area contributed by atoms with Gasteiger partial charge in [0.2, 0.25) is 0 Å². The first kappa shape index (κ1) is 19.2. The molecule has 1 unspecified atom stereocenters. The predicted octanol–water partition coefficient (Wildman–Crippen LogP) is 3.66. The van der Waals surface area contributed by atoms with Gasteiger partial charge in [0.05, 0.1) is 13.1 Å². The van der Waals surface area contributed by atoms with Gasteiger partial charge in [0.25, 0.3) is 0 Å². The van der Waals surface area contributed by atoms with Crippen molar-refractivity contribution in [2.24, 2.45) is 0 Å². The molecule has 2 aromatic carbocycles. The minimum absolute atomic E-state index is 0.0482. The maximum absolute atomic E-state index is 14.6. The van der Waals surface area contributed by atoms with E-state index in [0.29, 0.717) is 10.8 Å². The normalized spacial score (nSPS) is 13.4. The van der Waals surface area contributed by atoms with Gasteiger partial charge < -0.3 is 9.67 Å². The van der Waals surface area contributed by atoms with Gasteiger partial charge in [0.15, 0.2) is 0 Å². The van der Waals surface area contributed by atoms with Crippen molar-refractivity contribution in [2.75, 3.05) is 0 Å². The summed E-state index contributed by atoms with van der Waals surface area (Å²) in [6.07, 6.45) is 6.00. The van der Waals surface area contributed by atoms with E-state index in [1.54, 1.807) is 41.2 Å². The Labute approximate surface area is 170 Å². The summed E-state index contributed by atoms with van der Waals surface area (Å²) in [5, 5.41) is 16.1. The monoisotopic (exact) mass is 415 g/mol. The maximum atomic E-state index is 14.6. The van der Waals surface area contributed by atoms with Crippen LogP contribution < -0.4 is 0 Å². The minimum Gasteiger partial charge on any atom is -0.381 e. The van der Waals surface area contributed by atoms with Crippen LogP contribution in [0.1, 0.15) is 5.56 Å². The lowest BCUT2D eigenvalue weighted by Crippen LogP contribution is -2.37. The fourth-order valence-corrected chi connectivity index (χ4v) is 3.37. The first-order valence-electron chi connectivity index (χ1n) is 8.72. The molecule has 2 aromatic heterocycles. The number of halogens is 3. The highest BCUT2D eigenvalue weighted by Crippen LogP contribution is 2.30. The molecule has 0 saturated carbocycles. The number of aromatic nitrogens is 5. The summed E-state index contributed by atoms with van der Waals surface area (Å²) in [5.74, 6) is -0.999. The van der Waals surface area contributed by atoms with Crippen molar-refractivity contribution in [3.8, 4) is 11.4 Å². The van der Waals surface area contributed by atoms with E-state index in [-0.39, 0.29) is 18.7 Å². The van der Waals surface area contributed by atoms with E-state index in [1.807, 2.05) is 0 Å². The van der Waals surface area contributed by atoms with Gasteiger partial charge in [-0.3, -0.25) is 0 Å². The Kier molecular flexibility index (Phi) is 5.12. The van der Waals surface area contributed by atoms with Crippen molar-refractivity contribution in [3.05, 3.63) is 89.7 Å². The summed E-state index contributed by atoms with van der Waals surface area (Å²) < 4.78 is 31.1. The van der Waals surface area contributed by atoms with Crippen LogP contribution in [0.5, 0.6) is 0 Å². The van der Waals surface area contributed by atoms with Gasteiger partial charge in [-0.15, -0.1) is 0 Å². The third-order valence-corrected chi connectivity index (χ3v) is 4.82. The summed E-state index contributed by atoms with van der Waals surface area (Å²) in [6, 6.07) is 10.2. The number of hydrogen-bond donors (Lipinski definition) is 1. The van der Waals surface area contributed by atoms with Crippen molar-refractivity contribution in [1.82, 2.24) is 24.3 Å². The molecule has 9 heteroatoms. The molecule has 0 radical (unpaired) electrons. The summed E-state index contributed by atoms with van der Waals surface area (Å²) in [7, 11) is 0. The fourth-order valence-electron chi connectivity index (χ4n) is 3.25. The first-order valence-corrected chi connectivity index (χ1v) is 9.10. The molecular weight excluding hydrogens is 400 g/mol. The predicted molar refractivity (Wildman–Crippen MR) is 103 cm³/mol. The third-order valence-electron chi connectivity index (χ3n) is 4.57. The third kappa shape index (κ3) is 4.03. The lowest BCUT2D eigenvalue weighted by molar-refractivity contribution is -0.00505. The molecule has 29 heavy (non-hydrogen) atoms. The van der Waals surface area contributed by atoms with Crippen molar-refractivity contribution in [3.63, 3.8) is 0 Å². The van der Waals surface area contributed by atoms with E-state index in [0.717, 1.165) is 17.7 Å². The second-order valence-electron chi connectivity index (χ2n) is 6.63. The maximum Gasteiger partial charge on any atom is 0.139 e. The van der Waals surface area contributed by atoms with Gasteiger partial charge in [-0.05, 0) is 30.3 Å². The SMILES string of the molecule is OC(Cn1cncn1)(Cn1ccnc1-c1ccc(Cl)cc1)c1ccc(F)cc1F. The Morgan fingerprint density at radius 1 is 1.07 bits per heavy atom. The molecule has 6 nitrogen and oxygen atoms in total. The number of rotatable bonds is 6. The molecule has 4 rings (SSSR count). The van der Waals surface area contributed by atoms with Crippen LogP contribution in [0.2, 0.25) is 5.02 Å². The summed E-state index contributed by atoms with van der Waals surface area (Å²) in [6.45, 7) is -0.138. The van der Waals surface area contributed by atoms with Crippen LogP contribution in [0.25, 0.3) is 11.4 Å². The minimum atomic E-state index is -1.74. The van der Waals surface area contributed by atoms with Crippen LogP contribution in [0.3, 0.4) is 0 Å². The molecule has 0 aliphatic heterocycles. The molecule has 2 heterocycles. The van der Waals surface area contributed by atoms with Crippen molar-refractivity contribution >= 4 is 11.6 Å². The highest BCUT2D eigenvalue weighted by atomic mass is 35.5. The number of benzene rings is 2. The molecule has 0 fully saturated rings. The van der Waals surface area contributed by atoms with Crippen molar-refractivity contribution in [1.29, 1.82) is 0 Å². The molecule has 1 N–H and O–H groups in total. The van der Waals surface area contributed by atoms with Crippen LogP contribution in [0.15, 0.2) is 67.5 Å². The molecule has 4 aromatic rings. The lowest BCUT2D eigenvalue weighted by Gasteiger charge is -2.30. The number of imidazole rings is 1. The number of nitrogens with zero attached hydrogens (tertiary/aromatic N) is 5. The van der Waals surface area contributed by atoms with Gasteiger partial charge in [-0.2, -0.15) is 5.10 Å². The quantitative estimate of drug-likeness (QED) is 0.522. The van der Waals surface area contributed by atoms with E-state index in [9.17, 15) is 13.9 Å². The topological polar surface area (TPSA) is 68.8 Å². The number of aliphatic hydroxyl groups is 1. The van der Waals surface area contributed by atoms with Crippen LogP contribution in [-0.2, 0) is 18.7 Å². The van der Waals surface area contributed by atoms with E-state index < -0.39 is 17.2 Å². The fraction of sp³-hybridized carbons (Fsp3) is 0.150. The van der Waals surface area contributed by atoms with Crippen molar-refractivity contribution in [2.45, 2.75) is 18.7 Å². The lowest BCUT2D eigenvalue weighted by atomic mass is 9.92. The van der Waals surface area contributed by atoms with Crippen molar-refractivity contribution < 1.29 is 13.9 Å². The molecule has 0 spiro atoms. The Balaban J connectivity index is 1.75. The number of hydrogen-bond acceptors (Lipinski definition) is 4. The van der Waals surface area contributed by atoms with Gasteiger partial charge in [0.1, 0.15) is 35.7 Å². The summed E-state index contributed by atoms with van der Waals surface area (Å²) >= 11 is 5.95. The van der Waals surface area contributed by atoms with Gasteiger partial charge in [-0.1, -0.05) is 17.7 Å². The molecule has 0 bridgehead atoms. The molecule has 0 aliphatic carbocycles. The Morgan fingerprint density at radius 3 is 2.55 bits per heavy atom. The van der Waals surface area contributed by atoms with Crippen LogP contribution in [0.4, 0.5) is 8.78 Å². The zero-order valence-electron chi connectivity index (χ0n) is 15.1. The van der Waals surface area contributed by atoms with Crippen LogP contribution >= 0.6 is 11.6 Å². The average molecular weight is 416 g/mol. The molecule has 0 aliphatic rings. The zero-order chi connectivity index (χ0) is 20.4. The molecular formula is C20H16ClF2N5O. The van der Waals surface area contributed by atoms with E-state index in [4.69, 9.17) is 11.6 Å². The smallest absolute Gasteiger partial charge is 0.139 e. The zero-order valence-corrected chi connectivity index (χ0v) is 15.8. The van der Waals surface area contributed by atoms with Gasteiger partial charge in [0, 0.05) is 34.6 Å². The van der Waals surface area contributed by atoms with Crippen LogP contribution in [-0.4, -0.2) is 29.4 Å². The second kappa shape index (κ2) is 7.73. The highest BCUT2D eigenvalue weighted by molar-refractivity contribution is 6.30. The standard InChI is InChI=1S/C20H16ClF2N5O/c21-15-3-1-14(2-4-15)19-25-7-8-27(19)10-20(29,11-28-13-24-12-26-28)17-6-5-16(22)9-18(17)23/h1-9,12-13,29H,10-11H2.